The SMILES string of the molecule is COc1ccc2c(c1)OC(C)(C)C/C2=C\c1ccc(N(C)C)cc1. The number of fused-ring (bicyclic) bond motifs is 1. The Kier molecular flexibility index (Phi) is 4.27. The Morgan fingerprint density at radius 1 is 1.08 bits per heavy atom. The van der Waals surface area contributed by atoms with Gasteiger partial charge in [-0.25, -0.2) is 0 Å². The third-order valence-electron chi connectivity index (χ3n) is 4.29. The Hall–Kier alpha value is -2.42. The highest BCUT2D eigenvalue weighted by atomic mass is 16.5. The van der Waals surface area contributed by atoms with Crippen LogP contribution >= 0.6 is 0 Å². The number of anilines is 1. The first-order valence-corrected chi connectivity index (χ1v) is 8.23. The average Bonchev–Trinajstić information content (AvgIpc) is 2.53. The van der Waals surface area contributed by atoms with Crippen LogP contribution in [-0.2, 0) is 0 Å². The van der Waals surface area contributed by atoms with E-state index in [2.05, 4.69) is 69.3 Å². The van der Waals surface area contributed by atoms with E-state index in [0.717, 1.165) is 23.5 Å². The predicted octanol–water partition coefficient (Wildman–Crippen LogP) is 4.86. The molecular formula is C21H25NO2. The van der Waals surface area contributed by atoms with Crippen molar-refractivity contribution < 1.29 is 9.47 Å². The van der Waals surface area contributed by atoms with Crippen LogP contribution in [0.3, 0.4) is 0 Å². The second kappa shape index (κ2) is 6.23. The van der Waals surface area contributed by atoms with Crippen LogP contribution in [0.15, 0.2) is 42.5 Å². The lowest BCUT2D eigenvalue weighted by Gasteiger charge is -2.34. The van der Waals surface area contributed by atoms with Crippen molar-refractivity contribution in [3.63, 3.8) is 0 Å². The third-order valence-corrected chi connectivity index (χ3v) is 4.29. The average molecular weight is 323 g/mol. The molecule has 0 saturated heterocycles. The lowest BCUT2D eigenvalue weighted by Crippen LogP contribution is -2.32. The molecule has 3 rings (SSSR count). The highest BCUT2D eigenvalue weighted by molar-refractivity contribution is 5.86. The van der Waals surface area contributed by atoms with Crippen molar-refractivity contribution in [2.45, 2.75) is 25.9 Å². The van der Waals surface area contributed by atoms with E-state index in [0.29, 0.717) is 0 Å². The number of hydrogen-bond donors (Lipinski definition) is 0. The van der Waals surface area contributed by atoms with Gasteiger partial charge in [-0.2, -0.15) is 0 Å². The lowest BCUT2D eigenvalue weighted by molar-refractivity contribution is 0.107. The maximum absolute atomic E-state index is 6.15. The van der Waals surface area contributed by atoms with E-state index >= 15 is 0 Å². The van der Waals surface area contributed by atoms with Crippen molar-refractivity contribution in [2.24, 2.45) is 0 Å². The van der Waals surface area contributed by atoms with Crippen LogP contribution in [0.25, 0.3) is 11.6 Å². The molecule has 1 aliphatic rings. The van der Waals surface area contributed by atoms with Gasteiger partial charge in [0.2, 0.25) is 0 Å². The molecular weight excluding hydrogens is 298 g/mol. The summed E-state index contributed by atoms with van der Waals surface area (Å²) >= 11 is 0. The van der Waals surface area contributed by atoms with Gasteiger partial charge >= 0.3 is 0 Å². The molecule has 1 aliphatic heterocycles. The Labute approximate surface area is 144 Å². The molecule has 2 aromatic rings. The number of rotatable bonds is 3. The number of methoxy groups -OCH3 is 1. The van der Waals surface area contributed by atoms with E-state index in [1.807, 2.05) is 12.1 Å². The molecule has 0 N–H and O–H groups in total. The summed E-state index contributed by atoms with van der Waals surface area (Å²) in [5.74, 6) is 1.71. The second-order valence-electron chi connectivity index (χ2n) is 7.06. The molecule has 3 heteroatoms. The molecule has 24 heavy (non-hydrogen) atoms. The summed E-state index contributed by atoms with van der Waals surface area (Å²) in [5.41, 5.74) is 4.62. The fraction of sp³-hybridized carbons (Fsp3) is 0.333. The first kappa shape index (κ1) is 16.4. The van der Waals surface area contributed by atoms with Gasteiger partial charge in [0.1, 0.15) is 17.1 Å². The van der Waals surface area contributed by atoms with Gasteiger partial charge in [-0.1, -0.05) is 18.2 Å². The fourth-order valence-electron chi connectivity index (χ4n) is 3.07. The van der Waals surface area contributed by atoms with Crippen molar-refractivity contribution in [2.75, 3.05) is 26.1 Å². The van der Waals surface area contributed by atoms with Crippen LogP contribution in [0.1, 0.15) is 31.4 Å². The van der Waals surface area contributed by atoms with Crippen molar-refractivity contribution >= 4 is 17.3 Å². The van der Waals surface area contributed by atoms with E-state index in [9.17, 15) is 0 Å². The van der Waals surface area contributed by atoms with Gasteiger partial charge in [0.15, 0.2) is 0 Å². The van der Waals surface area contributed by atoms with Crippen LogP contribution in [0, 0.1) is 0 Å². The van der Waals surface area contributed by atoms with Gasteiger partial charge < -0.3 is 14.4 Å². The van der Waals surface area contributed by atoms with Crippen molar-refractivity contribution in [3.8, 4) is 11.5 Å². The Balaban J connectivity index is 2.01. The molecule has 0 amide bonds. The number of ether oxygens (including phenoxy) is 2. The predicted molar refractivity (Wildman–Crippen MR) is 101 cm³/mol. The quantitative estimate of drug-likeness (QED) is 0.805. The molecule has 1 heterocycles. The molecule has 0 spiro atoms. The summed E-state index contributed by atoms with van der Waals surface area (Å²) in [6.07, 6.45) is 3.14. The minimum Gasteiger partial charge on any atom is -0.497 e. The number of nitrogens with zero attached hydrogens (tertiary/aromatic N) is 1. The topological polar surface area (TPSA) is 21.7 Å². The van der Waals surface area contributed by atoms with E-state index in [4.69, 9.17) is 9.47 Å². The normalized spacial score (nSPS) is 17.1. The largest absolute Gasteiger partial charge is 0.497 e. The van der Waals surface area contributed by atoms with E-state index in [-0.39, 0.29) is 5.60 Å². The Bertz CT molecular complexity index is 758. The molecule has 0 saturated carbocycles. The monoisotopic (exact) mass is 323 g/mol. The summed E-state index contributed by atoms with van der Waals surface area (Å²) < 4.78 is 11.5. The fourth-order valence-corrected chi connectivity index (χ4v) is 3.07. The van der Waals surface area contributed by atoms with Crippen molar-refractivity contribution in [1.29, 1.82) is 0 Å². The van der Waals surface area contributed by atoms with E-state index in [1.54, 1.807) is 7.11 Å². The molecule has 0 aliphatic carbocycles. The molecule has 3 nitrogen and oxygen atoms in total. The molecule has 0 atom stereocenters. The summed E-state index contributed by atoms with van der Waals surface area (Å²) in [7, 11) is 5.79. The minimum absolute atomic E-state index is 0.227. The van der Waals surface area contributed by atoms with Crippen LogP contribution in [0.2, 0.25) is 0 Å². The van der Waals surface area contributed by atoms with Gasteiger partial charge in [0, 0.05) is 37.8 Å². The molecule has 126 valence electrons. The maximum Gasteiger partial charge on any atom is 0.131 e. The van der Waals surface area contributed by atoms with Crippen LogP contribution in [0.4, 0.5) is 5.69 Å². The molecule has 2 aromatic carbocycles. The molecule has 0 radical (unpaired) electrons. The van der Waals surface area contributed by atoms with E-state index in [1.165, 1.54) is 16.8 Å². The summed E-state index contributed by atoms with van der Waals surface area (Å²) in [6.45, 7) is 4.25. The zero-order chi connectivity index (χ0) is 17.3. The highest BCUT2D eigenvalue weighted by Gasteiger charge is 2.30. The van der Waals surface area contributed by atoms with Crippen LogP contribution in [-0.4, -0.2) is 26.8 Å². The maximum atomic E-state index is 6.15. The molecule has 0 aromatic heterocycles. The Morgan fingerprint density at radius 3 is 2.42 bits per heavy atom. The van der Waals surface area contributed by atoms with Crippen molar-refractivity contribution in [1.82, 2.24) is 0 Å². The summed E-state index contributed by atoms with van der Waals surface area (Å²) in [4.78, 5) is 2.11. The van der Waals surface area contributed by atoms with Gasteiger partial charge in [0.25, 0.3) is 0 Å². The third kappa shape index (κ3) is 3.40. The van der Waals surface area contributed by atoms with Crippen molar-refractivity contribution in [3.05, 3.63) is 53.6 Å². The molecule has 0 fully saturated rings. The zero-order valence-corrected chi connectivity index (χ0v) is 15.1. The summed E-state index contributed by atoms with van der Waals surface area (Å²) in [6, 6.07) is 14.7. The lowest BCUT2D eigenvalue weighted by atomic mass is 9.88. The van der Waals surface area contributed by atoms with Gasteiger partial charge in [-0.3, -0.25) is 0 Å². The van der Waals surface area contributed by atoms with E-state index < -0.39 is 0 Å². The Morgan fingerprint density at radius 2 is 1.79 bits per heavy atom. The number of benzene rings is 2. The molecule has 0 unspecified atom stereocenters. The highest BCUT2D eigenvalue weighted by Crippen LogP contribution is 2.42. The van der Waals surface area contributed by atoms with Crippen LogP contribution < -0.4 is 14.4 Å². The van der Waals surface area contributed by atoms with Gasteiger partial charge in [0.05, 0.1) is 7.11 Å². The van der Waals surface area contributed by atoms with Gasteiger partial charge in [-0.15, -0.1) is 0 Å². The first-order valence-electron chi connectivity index (χ1n) is 8.23. The standard InChI is InChI=1S/C21H25NO2/c1-21(2)14-16(12-15-6-8-17(9-7-15)22(3)4)19-11-10-18(23-5)13-20(19)24-21/h6-13H,14H2,1-5H3/b16-12+. The van der Waals surface area contributed by atoms with Crippen LogP contribution in [0.5, 0.6) is 11.5 Å². The molecule has 0 bridgehead atoms. The smallest absolute Gasteiger partial charge is 0.131 e. The second-order valence-corrected chi connectivity index (χ2v) is 7.06. The summed E-state index contributed by atoms with van der Waals surface area (Å²) in [5, 5.41) is 0. The first-order chi connectivity index (χ1) is 11.4. The number of hydrogen-bond acceptors (Lipinski definition) is 3. The zero-order valence-electron chi connectivity index (χ0n) is 15.1. The van der Waals surface area contributed by atoms with Gasteiger partial charge in [-0.05, 0) is 49.2 Å². The minimum atomic E-state index is -0.227.